The van der Waals surface area contributed by atoms with E-state index in [-0.39, 0.29) is 18.3 Å². The number of aliphatic hydroxyl groups excluding tert-OH is 1. The third-order valence-corrected chi connectivity index (χ3v) is 8.23. The van der Waals surface area contributed by atoms with Gasteiger partial charge in [-0.2, -0.15) is 0 Å². The zero-order valence-corrected chi connectivity index (χ0v) is 21.2. The number of nitrogens with zero attached hydrogens (tertiary/aromatic N) is 4. The van der Waals surface area contributed by atoms with Crippen molar-refractivity contribution < 1.29 is 14.2 Å². The number of benzene rings is 1. The largest absolute Gasteiger partial charge is 0.389 e. The number of hydrogen-bond donors (Lipinski definition) is 2. The van der Waals surface area contributed by atoms with Crippen molar-refractivity contribution in [1.82, 2.24) is 19.9 Å². The lowest BCUT2D eigenvalue weighted by Crippen LogP contribution is -2.42. The number of ether oxygens (including phenoxy) is 1. The molecular formula is C28H34FN5O2. The van der Waals surface area contributed by atoms with Gasteiger partial charge >= 0.3 is 0 Å². The second kappa shape index (κ2) is 9.32. The lowest BCUT2D eigenvalue weighted by atomic mass is 9.86. The van der Waals surface area contributed by atoms with Gasteiger partial charge in [-0.3, -0.25) is 9.88 Å². The zero-order chi connectivity index (χ0) is 25.0. The Labute approximate surface area is 211 Å². The molecule has 1 aliphatic carbocycles. The first-order chi connectivity index (χ1) is 17.4. The fraction of sp³-hybridized carbons (Fsp3) is 0.536. The Morgan fingerprint density at radius 2 is 2.06 bits per heavy atom. The van der Waals surface area contributed by atoms with E-state index in [9.17, 15) is 5.11 Å². The summed E-state index contributed by atoms with van der Waals surface area (Å²) in [6.07, 6.45) is 5.89. The van der Waals surface area contributed by atoms with Gasteiger partial charge < -0.3 is 15.2 Å². The third kappa shape index (κ3) is 4.15. The van der Waals surface area contributed by atoms with E-state index >= 15 is 4.39 Å². The van der Waals surface area contributed by atoms with Gasteiger partial charge in [0.05, 0.1) is 30.5 Å². The van der Waals surface area contributed by atoms with Gasteiger partial charge in [-0.25, -0.2) is 14.4 Å². The van der Waals surface area contributed by atoms with E-state index in [1.165, 1.54) is 36.7 Å². The van der Waals surface area contributed by atoms with E-state index in [0.29, 0.717) is 30.9 Å². The summed E-state index contributed by atoms with van der Waals surface area (Å²) >= 11 is 0. The van der Waals surface area contributed by atoms with Crippen molar-refractivity contribution in [3.63, 3.8) is 0 Å². The van der Waals surface area contributed by atoms with Crippen molar-refractivity contribution in [2.75, 3.05) is 25.1 Å². The number of halogens is 1. The average molecular weight is 492 g/mol. The Bertz CT molecular complexity index is 1290. The predicted molar refractivity (Wildman–Crippen MR) is 137 cm³/mol. The Morgan fingerprint density at radius 1 is 1.22 bits per heavy atom. The van der Waals surface area contributed by atoms with Crippen LogP contribution in [-0.2, 0) is 11.3 Å². The van der Waals surface area contributed by atoms with E-state index in [1.54, 1.807) is 0 Å². The maximum atomic E-state index is 15.1. The second-order valence-electron chi connectivity index (χ2n) is 11.0. The number of hydrogen-bond acceptors (Lipinski definition) is 7. The normalized spacial score (nSPS) is 25.9. The summed E-state index contributed by atoms with van der Waals surface area (Å²) in [4.78, 5) is 16.1. The molecule has 1 saturated carbocycles. The molecule has 2 bridgehead atoms. The van der Waals surface area contributed by atoms with E-state index < -0.39 is 11.9 Å². The highest BCUT2D eigenvalue weighted by atomic mass is 19.1. The van der Waals surface area contributed by atoms with Crippen molar-refractivity contribution in [2.45, 2.75) is 70.7 Å². The Balaban J connectivity index is 1.40. The van der Waals surface area contributed by atoms with Gasteiger partial charge in [0.2, 0.25) is 5.95 Å². The molecule has 0 radical (unpaired) electrons. The minimum absolute atomic E-state index is 0.231. The summed E-state index contributed by atoms with van der Waals surface area (Å²) in [7, 11) is 0. The van der Waals surface area contributed by atoms with Gasteiger partial charge in [-0.1, -0.05) is 19.9 Å². The molecule has 3 saturated heterocycles. The van der Waals surface area contributed by atoms with Gasteiger partial charge in [-0.15, -0.1) is 0 Å². The number of anilines is 1. The first kappa shape index (κ1) is 23.7. The van der Waals surface area contributed by atoms with Crippen LogP contribution in [0.15, 0.2) is 24.5 Å². The molecule has 3 aromatic rings. The summed E-state index contributed by atoms with van der Waals surface area (Å²) < 4.78 is 20.4. The lowest BCUT2D eigenvalue weighted by Gasteiger charge is -2.28. The number of aryl methyl sites for hydroxylation is 1. The molecular weight excluding hydrogens is 457 g/mol. The Hall–Kier alpha value is -2.68. The Kier molecular flexibility index (Phi) is 6.14. The lowest BCUT2D eigenvalue weighted by molar-refractivity contribution is -0.0136. The summed E-state index contributed by atoms with van der Waals surface area (Å²) in [5.74, 6) is 1.01. The second-order valence-corrected chi connectivity index (χ2v) is 11.0. The molecule has 2 atom stereocenters. The van der Waals surface area contributed by atoms with Crippen LogP contribution in [0.1, 0.15) is 55.7 Å². The molecule has 8 heteroatoms. The highest BCUT2D eigenvalue weighted by molar-refractivity contribution is 5.92. The summed E-state index contributed by atoms with van der Waals surface area (Å²) in [5.41, 5.74) is 5.46. The first-order valence-electron chi connectivity index (χ1n) is 13.1. The fourth-order valence-corrected chi connectivity index (χ4v) is 6.29. The number of aromatic nitrogens is 3. The van der Waals surface area contributed by atoms with Crippen LogP contribution in [0.2, 0.25) is 0 Å². The minimum atomic E-state index is -0.655. The van der Waals surface area contributed by atoms with Crippen LogP contribution >= 0.6 is 0 Å². The van der Waals surface area contributed by atoms with Crippen molar-refractivity contribution >= 4 is 16.9 Å². The van der Waals surface area contributed by atoms with Gasteiger partial charge in [0.25, 0.3) is 0 Å². The number of fused-ring (bicyclic) bond motifs is 2. The zero-order valence-electron chi connectivity index (χ0n) is 21.2. The van der Waals surface area contributed by atoms with E-state index in [2.05, 4.69) is 34.0 Å². The standard InChI is InChI=1S/C28H34FN5O2/c1-15(2)25-18(13-34-12-17-8-19(34)9-17)10-30-23-5-4-20(16(3)26(23)25)27-21(29)11-31-28(33-27)32-22-6-7-36-14-24(22)35/h4-5,10-11,15,17,19,22,24,35H,6-9,12-14H2,1-3H3,(H,31,32,33)/t17?,19?,22-,24-/m1/s1. The monoisotopic (exact) mass is 491 g/mol. The fourth-order valence-electron chi connectivity index (χ4n) is 6.29. The van der Waals surface area contributed by atoms with Gasteiger partial charge in [0, 0.05) is 42.9 Å². The number of nitrogens with one attached hydrogen (secondary N) is 1. The third-order valence-electron chi connectivity index (χ3n) is 8.23. The molecule has 4 aliphatic rings. The Morgan fingerprint density at radius 3 is 2.78 bits per heavy atom. The molecule has 2 aromatic heterocycles. The van der Waals surface area contributed by atoms with Crippen LogP contribution in [0.4, 0.5) is 10.3 Å². The first-order valence-corrected chi connectivity index (χ1v) is 13.1. The van der Waals surface area contributed by atoms with Crippen molar-refractivity contribution in [1.29, 1.82) is 0 Å². The maximum Gasteiger partial charge on any atom is 0.223 e. The molecule has 4 fully saturated rings. The van der Waals surface area contributed by atoms with Crippen molar-refractivity contribution in [2.24, 2.45) is 5.92 Å². The average Bonchev–Trinajstić information content (AvgIpc) is 3.42. The van der Waals surface area contributed by atoms with Crippen LogP contribution < -0.4 is 5.32 Å². The highest BCUT2D eigenvalue weighted by Crippen LogP contribution is 2.42. The molecule has 2 N–H and O–H groups in total. The molecule has 0 amide bonds. The molecule has 5 heterocycles. The van der Waals surface area contributed by atoms with Gasteiger partial charge in [0.1, 0.15) is 5.69 Å². The minimum Gasteiger partial charge on any atom is -0.389 e. The molecule has 1 aromatic carbocycles. The van der Waals surface area contributed by atoms with E-state index in [1.807, 2.05) is 25.3 Å². The van der Waals surface area contributed by atoms with Crippen LogP contribution in [0.25, 0.3) is 22.2 Å². The summed E-state index contributed by atoms with van der Waals surface area (Å²) in [6.45, 7) is 9.41. The van der Waals surface area contributed by atoms with Crippen LogP contribution in [0, 0.1) is 18.7 Å². The van der Waals surface area contributed by atoms with Crippen LogP contribution in [0.5, 0.6) is 0 Å². The number of pyridine rings is 1. The molecule has 0 unspecified atom stereocenters. The molecule has 190 valence electrons. The molecule has 36 heavy (non-hydrogen) atoms. The summed E-state index contributed by atoms with van der Waals surface area (Å²) in [6, 6.07) is 4.36. The molecule has 0 spiro atoms. The quantitative estimate of drug-likeness (QED) is 0.528. The summed E-state index contributed by atoms with van der Waals surface area (Å²) in [5, 5.41) is 14.5. The van der Waals surface area contributed by atoms with Gasteiger partial charge in [0.15, 0.2) is 5.82 Å². The van der Waals surface area contributed by atoms with Gasteiger partial charge in [-0.05, 0) is 60.8 Å². The number of aliphatic hydroxyl groups is 1. The predicted octanol–water partition coefficient (Wildman–Crippen LogP) is 4.42. The molecule has 3 aliphatic heterocycles. The van der Waals surface area contributed by atoms with Crippen molar-refractivity contribution in [3.05, 3.63) is 47.0 Å². The van der Waals surface area contributed by atoms with Crippen LogP contribution in [-0.4, -0.2) is 62.9 Å². The molecule has 7 nitrogen and oxygen atoms in total. The number of rotatable bonds is 6. The molecule has 7 rings (SSSR count). The SMILES string of the molecule is Cc1c(-c2nc(N[C@@H]3CCOC[C@H]3O)ncc2F)ccc2ncc(CN3CC4CC3C4)c(C(C)C)c12. The van der Waals surface area contributed by atoms with E-state index in [4.69, 9.17) is 9.72 Å². The van der Waals surface area contributed by atoms with Crippen molar-refractivity contribution in [3.8, 4) is 11.3 Å². The maximum absolute atomic E-state index is 15.1. The van der Waals surface area contributed by atoms with E-state index in [0.717, 1.165) is 34.5 Å². The van der Waals surface area contributed by atoms with Crippen LogP contribution in [0.3, 0.4) is 0 Å². The topological polar surface area (TPSA) is 83.4 Å². The highest BCUT2D eigenvalue weighted by Gasteiger charge is 2.42. The smallest absolute Gasteiger partial charge is 0.223 e.